The second kappa shape index (κ2) is 8.36. The first-order chi connectivity index (χ1) is 9.94. The first-order valence-electron chi connectivity index (χ1n) is 7.34. The average molecular weight is 314 g/mol. The van der Waals surface area contributed by atoms with Gasteiger partial charge in [-0.2, -0.15) is 0 Å². The normalized spacial score (nSPS) is 13.1. The second-order valence-electron chi connectivity index (χ2n) is 5.21. The minimum absolute atomic E-state index is 0.0968. The van der Waals surface area contributed by atoms with Crippen LogP contribution < -0.4 is 15.2 Å². The molecule has 0 radical (unpaired) electrons. The quantitative estimate of drug-likeness (QED) is 0.686. The molecule has 1 atom stereocenters. The number of methoxy groups -OCH3 is 1. The number of sulfonamides is 1. The molecule has 0 saturated heterocycles. The van der Waals surface area contributed by atoms with Gasteiger partial charge in [-0.3, -0.25) is 0 Å². The number of rotatable bonds is 9. The van der Waals surface area contributed by atoms with Gasteiger partial charge in [-0.1, -0.05) is 32.3 Å². The van der Waals surface area contributed by atoms with E-state index in [-0.39, 0.29) is 10.9 Å². The summed E-state index contributed by atoms with van der Waals surface area (Å²) in [6.07, 6.45) is 4.08. The maximum Gasteiger partial charge on any atom is 0.244 e. The molecule has 0 heterocycles. The van der Waals surface area contributed by atoms with Crippen molar-refractivity contribution in [3.05, 3.63) is 23.8 Å². The van der Waals surface area contributed by atoms with E-state index in [2.05, 4.69) is 11.6 Å². The van der Waals surface area contributed by atoms with Crippen LogP contribution >= 0.6 is 0 Å². The third-order valence-electron chi connectivity index (χ3n) is 3.35. The molecule has 6 heteroatoms. The number of unbranched alkanes of at least 4 members (excludes halogenated alkanes) is 2. The van der Waals surface area contributed by atoms with E-state index < -0.39 is 10.0 Å². The number of hydrogen-bond donors (Lipinski definition) is 2. The Morgan fingerprint density at radius 2 is 2.05 bits per heavy atom. The Balaban J connectivity index is 2.87. The van der Waals surface area contributed by atoms with Crippen LogP contribution in [0.1, 0.15) is 45.1 Å². The van der Waals surface area contributed by atoms with E-state index in [9.17, 15) is 8.42 Å². The molecule has 0 aromatic heterocycles. The fraction of sp³-hybridized carbons (Fsp3) is 0.600. The summed E-state index contributed by atoms with van der Waals surface area (Å²) in [5, 5.41) is 0. The number of ether oxygens (including phenoxy) is 1. The van der Waals surface area contributed by atoms with Gasteiger partial charge in [-0.05, 0) is 31.0 Å². The lowest BCUT2D eigenvalue weighted by Crippen LogP contribution is -2.32. The Labute approximate surface area is 127 Å². The van der Waals surface area contributed by atoms with Gasteiger partial charge in [0.05, 0.1) is 7.11 Å². The smallest absolute Gasteiger partial charge is 0.244 e. The highest BCUT2D eigenvalue weighted by Gasteiger charge is 2.21. The van der Waals surface area contributed by atoms with E-state index in [1.807, 2.05) is 6.92 Å². The molecule has 0 amide bonds. The van der Waals surface area contributed by atoms with Crippen LogP contribution in [0.25, 0.3) is 0 Å². The highest BCUT2D eigenvalue weighted by molar-refractivity contribution is 7.89. The summed E-state index contributed by atoms with van der Waals surface area (Å²) < 4.78 is 32.7. The summed E-state index contributed by atoms with van der Waals surface area (Å²) in [7, 11) is -2.12. The molecule has 1 rings (SSSR count). The van der Waals surface area contributed by atoms with E-state index in [1.54, 1.807) is 18.2 Å². The maximum atomic E-state index is 12.4. The fourth-order valence-electron chi connectivity index (χ4n) is 2.15. The molecule has 0 aliphatic heterocycles. The third kappa shape index (κ3) is 5.30. The molecule has 21 heavy (non-hydrogen) atoms. The van der Waals surface area contributed by atoms with Crippen molar-refractivity contribution in [2.24, 2.45) is 5.73 Å². The molecule has 1 unspecified atom stereocenters. The molecule has 0 saturated carbocycles. The highest BCUT2D eigenvalue weighted by atomic mass is 32.2. The van der Waals surface area contributed by atoms with Crippen LogP contribution in [0.5, 0.6) is 5.75 Å². The second-order valence-corrected chi connectivity index (χ2v) is 6.89. The lowest BCUT2D eigenvalue weighted by atomic mass is 10.1. The number of hydrogen-bond acceptors (Lipinski definition) is 4. The number of nitrogens with one attached hydrogen (secondary N) is 1. The Hall–Kier alpha value is -1.11. The van der Waals surface area contributed by atoms with Gasteiger partial charge in [0.25, 0.3) is 0 Å². The Morgan fingerprint density at radius 3 is 2.62 bits per heavy atom. The lowest BCUT2D eigenvalue weighted by molar-refractivity contribution is 0.401. The summed E-state index contributed by atoms with van der Waals surface area (Å²) in [4.78, 5) is 0.157. The molecule has 120 valence electrons. The molecule has 1 aromatic rings. The molecular weight excluding hydrogens is 288 g/mol. The van der Waals surface area contributed by atoms with Crippen LogP contribution in [-0.2, 0) is 16.6 Å². The molecular formula is C15H26N2O3S. The largest absolute Gasteiger partial charge is 0.495 e. The van der Waals surface area contributed by atoms with Gasteiger partial charge >= 0.3 is 0 Å². The van der Waals surface area contributed by atoms with Crippen LogP contribution in [-0.4, -0.2) is 21.6 Å². The van der Waals surface area contributed by atoms with Crippen molar-refractivity contribution in [3.63, 3.8) is 0 Å². The third-order valence-corrected chi connectivity index (χ3v) is 4.98. The predicted molar refractivity (Wildman–Crippen MR) is 84.8 cm³/mol. The summed E-state index contributed by atoms with van der Waals surface area (Å²) in [5.41, 5.74) is 6.40. The topological polar surface area (TPSA) is 81.4 Å². The van der Waals surface area contributed by atoms with E-state index in [4.69, 9.17) is 10.5 Å². The van der Waals surface area contributed by atoms with Crippen LogP contribution in [0.15, 0.2) is 23.1 Å². The molecule has 0 aliphatic rings. The van der Waals surface area contributed by atoms with Gasteiger partial charge in [0.15, 0.2) is 0 Å². The first-order valence-corrected chi connectivity index (χ1v) is 8.82. The van der Waals surface area contributed by atoms with E-state index in [0.29, 0.717) is 12.3 Å². The zero-order valence-electron chi connectivity index (χ0n) is 13.1. The van der Waals surface area contributed by atoms with Crippen molar-refractivity contribution < 1.29 is 13.2 Å². The Morgan fingerprint density at radius 1 is 1.33 bits per heavy atom. The van der Waals surface area contributed by atoms with Crippen molar-refractivity contribution >= 4 is 10.0 Å². The monoisotopic (exact) mass is 314 g/mol. The van der Waals surface area contributed by atoms with Gasteiger partial charge < -0.3 is 10.5 Å². The molecule has 5 nitrogen and oxygen atoms in total. The van der Waals surface area contributed by atoms with Gasteiger partial charge in [-0.15, -0.1) is 0 Å². The predicted octanol–water partition coefficient (Wildman–Crippen LogP) is 2.40. The summed E-state index contributed by atoms with van der Waals surface area (Å²) >= 11 is 0. The van der Waals surface area contributed by atoms with Gasteiger partial charge in [0.1, 0.15) is 10.6 Å². The molecule has 0 aliphatic carbocycles. The average Bonchev–Trinajstić information content (AvgIpc) is 2.46. The fourth-order valence-corrected chi connectivity index (χ4v) is 3.58. The van der Waals surface area contributed by atoms with E-state index in [1.165, 1.54) is 7.11 Å². The number of benzene rings is 1. The maximum absolute atomic E-state index is 12.4. The molecule has 0 fully saturated rings. The van der Waals surface area contributed by atoms with Crippen LogP contribution in [0.4, 0.5) is 0 Å². The van der Waals surface area contributed by atoms with Crippen LogP contribution in [0, 0.1) is 0 Å². The van der Waals surface area contributed by atoms with Crippen molar-refractivity contribution in [1.82, 2.24) is 4.72 Å². The summed E-state index contributed by atoms with van der Waals surface area (Å²) in [5.74, 6) is 0.325. The summed E-state index contributed by atoms with van der Waals surface area (Å²) in [6, 6.07) is 4.82. The SMILES string of the molecule is CCCCCC(C)NS(=O)(=O)c1ccc(CN)cc1OC. The van der Waals surface area contributed by atoms with Gasteiger partial charge in [-0.25, -0.2) is 13.1 Å². The zero-order valence-corrected chi connectivity index (χ0v) is 13.9. The van der Waals surface area contributed by atoms with Crippen molar-refractivity contribution in [2.45, 2.75) is 57.0 Å². The number of nitrogens with two attached hydrogens (primary N) is 1. The lowest BCUT2D eigenvalue weighted by Gasteiger charge is -2.16. The Kier molecular flexibility index (Phi) is 7.14. The Bertz CT molecular complexity index is 544. The molecule has 0 spiro atoms. The van der Waals surface area contributed by atoms with Crippen LogP contribution in [0.2, 0.25) is 0 Å². The van der Waals surface area contributed by atoms with Crippen molar-refractivity contribution in [3.8, 4) is 5.75 Å². The minimum Gasteiger partial charge on any atom is -0.495 e. The first kappa shape index (κ1) is 17.9. The van der Waals surface area contributed by atoms with Crippen molar-refractivity contribution in [2.75, 3.05) is 7.11 Å². The van der Waals surface area contributed by atoms with Crippen molar-refractivity contribution in [1.29, 1.82) is 0 Å². The standard InChI is InChI=1S/C15H26N2O3S/c1-4-5-6-7-12(2)17-21(18,19)15-9-8-13(11-16)10-14(15)20-3/h8-10,12,17H,4-7,11,16H2,1-3H3. The molecule has 3 N–H and O–H groups in total. The molecule has 0 bridgehead atoms. The van der Waals surface area contributed by atoms with Gasteiger partial charge in [0.2, 0.25) is 10.0 Å². The van der Waals surface area contributed by atoms with Gasteiger partial charge in [0, 0.05) is 12.6 Å². The molecule has 1 aromatic carbocycles. The van der Waals surface area contributed by atoms with Crippen LogP contribution in [0.3, 0.4) is 0 Å². The minimum atomic E-state index is -3.58. The highest BCUT2D eigenvalue weighted by Crippen LogP contribution is 2.25. The summed E-state index contributed by atoms with van der Waals surface area (Å²) in [6.45, 7) is 4.35. The van der Waals surface area contributed by atoms with E-state index >= 15 is 0 Å². The zero-order chi connectivity index (χ0) is 15.9. The van der Waals surface area contributed by atoms with E-state index in [0.717, 1.165) is 31.2 Å².